The van der Waals surface area contributed by atoms with Crippen LogP contribution in [0.1, 0.15) is 22.3 Å². The van der Waals surface area contributed by atoms with Crippen molar-refractivity contribution in [2.24, 2.45) is 5.10 Å². The van der Waals surface area contributed by atoms with Crippen LogP contribution in [-0.2, 0) is 0 Å². The maximum Gasteiger partial charge on any atom is 0.438 e. The third-order valence-electron chi connectivity index (χ3n) is 4.11. The normalized spacial score (nSPS) is 19.8. The van der Waals surface area contributed by atoms with Gasteiger partial charge in [-0.25, -0.2) is 0 Å². The van der Waals surface area contributed by atoms with Crippen LogP contribution in [-0.4, -0.2) is 40.7 Å². The van der Waals surface area contributed by atoms with E-state index in [4.69, 9.17) is 4.74 Å². The second-order valence-corrected chi connectivity index (χ2v) is 6.81. The Morgan fingerprint density at radius 2 is 1.96 bits per heavy atom. The molecule has 142 valence electrons. The number of carbonyl (C=O) groups excluding carboxylic acids is 1. The summed E-state index contributed by atoms with van der Waals surface area (Å²) in [5.41, 5.74) is -3.23. The van der Waals surface area contributed by atoms with Gasteiger partial charge in [-0.1, -0.05) is 34.1 Å². The van der Waals surface area contributed by atoms with E-state index in [0.29, 0.717) is 15.8 Å². The highest BCUT2D eigenvalue weighted by Crippen LogP contribution is 2.42. The lowest BCUT2D eigenvalue weighted by atomic mass is 10.0. The third kappa shape index (κ3) is 3.57. The van der Waals surface area contributed by atoms with Crippen LogP contribution < -0.4 is 4.74 Å². The number of carbonyl (C=O) groups is 1. The number of hydrazone groups is 1. The molecule has 1 aliphatic heterocycles. The number of rotatable bonds is 3. The topological polar surface area (TPSA) is 62.1 Å². The van der Waals surface area contributed by atoms with E-state index in [0.717, 1.165) is 0 Å². The summed E-state index contributed by atoms with van der Waals surface area (Å²) in [5, 5.41) is 14.3. The molecule has 0 aromatic heterocycles. The summed E-state index contributed by atoms with van der Waals surface area (Å²) < 4.78 is 46.5. The molecule has 5 nitrogen and oxygen atoms in total. The fraction of sp³-hybridized carbons (Fsp3) is 0.222. The van der Waals surface area contributed by atoms with Crippen LogP contribution in [0, 0.1) is 0 Å². The monoisotopic (exact) mass is 442 g/mol. The van der Waals surface area contributed by atoms with Gasteiger partial charge in [0.15, 0.2) is 0 Å². The Labute approximate surface area is 161 Å². The lowest BCUT2D eigenvalue weighted by Crippen LogP contribution is -2.56. The van der Waals surface area contributed by atoms with Crippen molar-refractivity contribution in [3.8, 4) is 5.75 Å². The number of halogens is 4. The number of benzene rings is 2. The molecule has 2 aromatic rings. The smallest absolute Gasteiger partial charge is 0.438 e. The highest BCUT2D eigenvalue weighted by Gasteiger charge is 2.63. The van der Waals surface area contributed by atoms with E-state index in [9.17, 15) is 23.1 Å². The van der Waals surface area contributed by atoms with E-state index in [-0.39, 0.29) is 16.3 Å². The number of alkyl halides is 3. The molecule has 1 aliphatic rings. The second-order valence-electron chi connectivity index (χ2n) is 5.90. The van der Waals surface area contributed by atoms with Crippen LogP contribution >= 0.6 is 15.9 Å². The molecule has 2 aromatic carbocycles. The maximum atomic E-state index is 13.6. The van der Waals surface area contributed by atoms with Crippen LogP contribution in [0.4, 0.5) is 13.2 Å². The SMILES string of the molecule is COc1cccc(C2=NN(C(=O)c3cccc(Br)c3)[C@@](O)(C(F)(F)F)C2)c1. The first-order chi connectivity index (χ1) is 12.7. The lowest BCUT2D eigenvalue weighted by Gasteiger charge is -2.32. The van der Waals surface area contributed by atoms with E-state index >= 15 is 0 Å². The molecular weight excluding hydrogens is 429 g/mol. The second kappa shape index (κ2) is 6.97. The zero-order valence-corrected chi connectivity index (χ0v) is 15.6. The van der Waals surface area contributed by atoms with E-state index in [1.165, 1.54) is 37.4 Å². The minimum atomic E-state index is -5.10. The molecule has 1 amide bonds. The van der Waals surface area contributed by atoms with Gasteiger partial charge < -0.3 is 9.84 Å². The van der Waals surface area contributed by atoms with Gasteiger partial charge in [0.05, 0.1) is 19.2 Å². The molecule has 3 rings (SSSR count). The van der Waals surface area contributed by atoms with Gasteiger partial charge in [0, 0.05) is 15.6 Å². The van der Waals surface area contributed by atoms with Gasteiger partial charge in [0.1, 0.15) is 5.75 Å². The van der Waals surface area contributed by atoms with Crippen molar-refractivity contribution >= 4 is 27.5 Å². The number of amides is 1. The van der Waals surface area contributed by atoms with Gasteiger partial charge in [0.2, 0.25) is 0 Å². The Balaban J connectivity index is 2.06. The van der Waals surface area contributed by atoms with Crippen LogP contribution in [0.2, 0.25) is 0 Å². The number of hydrogen-bond acceptors (Lipinski definition) is 4. The standard InChI is InChI=1S/C18H14BrF3N2O3/c1-27-14-7-3-4-11(9-14)15-10-17(26,18(20,21)22)24(23-15)16(25)12-5-2-6-13(19)8-12/h2-9,26H,10H2,1H3/t17-/m0/s1. The Hall–Kier alpha value is -2.39. The van der Waals surface area contributed by atoms with Crippen molar-refractivity contribution in [1.29, 1.82) is 0 Å². The van der Waals surface area contributed by atoms with Crippen LogP contribution in [0.25, 0.3) is 0 Å². The third-order valence-corrected chi connectivity index (χ3v) is 4.60. The molecule has 0 saturated carbocycles. The Morgan fingerprint density at radius 1 is 1.26 bits per heavy atom. The predicted molar refractivity (Wildman–Crippen MR) is 95.5 cm³/mol. The zero-order chi connectivity index (χ0) is 19.8. The van der Waals surface area contributed by atoms with E-state index < -0.39 is 24.2 Å². The molecule has 9 heteroatoms. The average molecular weight is 443 g/mol. The summed E-state index contributed by atoms with van der Waals surface area (Å²) in [6.07, 6.45) is -5.98. The summed E-state index contributed by atoms with van der Waals surface area (Å²) in [6.45, 7) is 0. The molecule has 0 fully saturated rings. The molecule has 1 atom stereocenters. The van der Waals surface area contributed by atoms with Gasteiger partial charge in [0.25, 0.3) is 11.6 Å². The first-order valence-electron chi connectivity index (χ1n) is 7.77. The Bertz CT molecular complexity index is 917. The largest absolute Gasteiger partial charge is 0.497 e. The molecule has 0 unspecified atom stereocenters. The molecule has 1 heterocycles. The van der Waals surface area contributed by atoms with Crippen LogP contribution in [0.5, 0.6) is 5.75 Å². The fourth-order valence-electron chi connectivity index (χ4n) is 2.69. The van der Waals surface area contributed by atoms with Crippen molar-refractivity contribution < 1.29 is 27.8 Å². The molecule has 0 bridgehead atoms. The lowest BCUT2D eigenvalue weighted by molar-refractivity contribution is -0.297. The van der Waals surface area contributed by atoms with Gasteiger partial charge in [-0.3, -0.25) is 4.79 Å². The summed E-state index contributed by atoms with van der Waals surface area (Å²) in [5.74, 6) is -0.642. The number of aliphatic hydroxyl groups is 1. The number of methoxy groups -OCH3 is 1. The molecule has 1 N–H and O–H groups in total. The summed E-state index contributed by atoms with van der Waals surface area (Å²) in [7, 11) is 1.42. The van der Waals surface area contributed by atoms with Gasteiger partial charge in [-0.2, -0.15) is 23.3 Å². The molecule has 0 aliphatic carbocycles. The fourth-order valence-corrected chi connectivity index (χ4v) is 3.09. The number of hydrogen-bond donors (Lipinski definition) is 1. The molecule has 0 radical (unpaired) electrons. The predicted octanol–water partition coefficient (Wildman–Crippen LogP) is 3.96. The minimum Gasteiger partial charge on any atom is -0.497 e. The quantitative estimate of drug-likeness (QED) is 0.782. The van der Waals surface area contributed by atoms with E-state index in [1.54, 1.807) is 18.2 Å². The van der Waals surface area contributed by atoms with Crippen LogP contribution in [0.3, 0.4) is 0 Å². The van der Waals surface area contributed by atoms with Crippen molar-refractivity contribution in [3.05, 3.63) is 64.1 Å². The number of ether oxygens (including phenoxy) is 1. The van der Waals surface area contributed by atoms with Crippen molar-refractivity contribution in [1.82, 2.24) is 5.01 Å². The molecule has 0 saturated heterocycles. The molecular formula is C18H14BrF3N2O3. The summed E-state index contributed by atoms with van der Waals surface area (Å²) >= 11 is 3.17. The highest BCUT2D eigenvalue weighted by atomic mass is 79.9. The Kier molecular flexibility index (Phi) is 5.00. The summed E-state index contributed by atoms with van der Waals surface area (Å²) in [6, 6.07) is 12.1. The van der Waals surface area contributed by atoms with Crippen LogP contribution in [0.15, 0.2) is 58.1 Å². The maximum absolute atomic E-state index is 13.6. The van der Waals surface area contributed by atoms with Crippen molar-refractivity contribution in [2.45, 2.75) is 18.3 Å². The van der Waals surface area contributed by atoms with Gasteiger partial charge >= 0.3 is 6.18 Å². The van der Waals surface area contributed by atoms with Crippen molar-refractivity contribution in [2.75, 3.05) is 7.11 Å². The number of nitrogens with zero attached hydrogens (tertiary/aromatic N) is 2. The van der Waals surface area contributed by atoms with Gasteiger partial charge in [-0.15, -0.1) is 0 Å². The van der Waals surface area contributed by atoms with Gasteiger partial charge in [-0.05, 0) is 30.3 Å². The molecule has 0 spiro atoms. The highest BCUT2D eigenvalue weighted by molar-refractivity contribution is 9.10. The average Bonchev–Trinajstić information content (AvgIpc) is 3.00. The first-order valence-corrected chi connectivity index (χ1v) is 8.56. The summed E-state index contributed by atoms with van der Waals surface area (Å²) in [4.78, 5) is 12.7. The van der Waals surface area contributed by atoms with E-state index in [2.05, 4.69) is 21.0 Å². The van der Waals surface area contributed by atoms with Crippen molar-refractivity contribution in [3.63, 3.8) is 0 Å². The van der Waals surface area contributed by atoms with E-state index in [1.807, 2.05) is 0 Å². The Morgan fingerprint density at radius 3 is 2.59 bits per heavy atom. The molecule has 27 heavy (non-hydrogen) atoms. The minimum absolute atomic E-state index is 0.0392. The first kappa shape index (κ1) is 19.4. The zero-order valence-electron chi connectivity index (χ0n) is 14.0.